The fourth-order valence-corrected chi connectivity index (χ4v) is 2.16. The highest BCUT2D eigenvalue weighted by atomic mass is 35.5. The van der Waals surface area contributed by atoms with Gasteiger partial charge in [-0.3, -0.25) is 0 Å². The summed E-state index contributed by atoms with van der Waals surface area (Å²) in [4.78, 5) is 3.98. The van der Waals surface area contributed by atoms with Gasteiger partial charge in [0.15, 0.2) is 11.6 Å². The lowest BCUT2D eigenvalue weighted by molar-refractivity contribution is 0.504. The van der Waals surface area contributed by atoms with Crippen molar-refractivity contribution in [3.05, 3.63) is 40.3 Å². The Kier molecular flexibility index (Phi) is 2.30. The third-order valence-electron chi connectivity index (χ3n) is 2.90. The molecule has 2 aromatic rings. The highest BCUT2D eigenvalue weighted by Crippen LogP contribution is 2.41. The lowest BCUT2D eigenvalue weighted by Crippen LogP contribution is -1.97. The Morgan fingerprint density at radius 3 is 2.47 bits per heavy atom. The molecule has 1 fully saturated rings. The van der Waals surface area contributed by atoms with E-state index in [2.05, 4.69) is 4.98 Å². The standard InChI is InChI=1S/C12H7ClF3N/c13-6-3-9(5-1-2-5)17-12-10(6)7(14)4-8(15)11(12)16/h3-5H,1-2H2. The molecule has 88 valence electrons. The van der Waals surface area contributed by atoms with Crippen LogP contribution >= 0.6 is 11.6 Å². The molecule has 0 amide bonds. The predicted molar refractivity (Wildman–Crippen MR) is 58.6 cm³/mol. The molecule has 0 spiro atoms. The average Bonchev–Trinajstić information content (AvgIpc) is 3.08. The van der Waals surface area contributed by atoms with Crippen LogP contribution in [0.1, 0.15) is 24.5 Å². The molecule has 1 aliphatic carbocycles. The summed E-state index contributed by atoms with van der Waals surface area (Å²) < 4.78 is 40.2. The van der Waals surface area contributed by atoms with Crippen molar-refractivity contribution in [2.24, 2.45) is 0 Å². The van der Waals surface area contributed by atoms with Crippen molar-refractivity contribution in [1.29, 1.82) is 0 Å². The summed E-state index contributed by atoms with van der Waals surface area (Å²) in [6, 6.07) is 2.02. The van der Waals surface area contributed by atoms with Gasteiger partial charge in [0.1, 0.15) is 11.3 Å². The molecule has 1 heterocycles. The van der Waals surface area contributed by atoms with Crippen molar-refractivity contribution in [1.82, 2.24) is 4.98 Å². The Morgan fingerprint density at radius 1 is 1.12 bits per heavy atom. The van der Waals surface area contributed by atoms with Crippen LogP contribution in [0.5, 0.6) is 0 Å². The molecule has 5 heteroatoms. The summed E-state index contributed by atoms with van der Waals surface area (Å²) in [6.07, 6.45) is 1.91. The lowest BCUT2D eigenvalue weighted by Gasteiger charge is -2.06. The Hall–Kier alpha value is -1.29. The van der Waals surface area contributed by atoms with E-state index >= 15 is 0 Å². The summed E-state index contributed by atoms with van der Waals surface area (Å²) in [5.74, 6) is -3.04. The number of hydrogen-bond donors (Lipinski definition) is 0. The number of nitrogens with zero attached hydrogens (tertiary/aromatic N) is 1. The maximum absolute atomic E-state index is 13.6. The molecular formula is C12H7ClF3N. The Labute approximate surface area is 100 Å². The summed E-state index contributed by atoms with van der Waals surface area (Å²) in [6.45, 7) is 0. The second-order valence-corrected chi connectivity index (χ2v) is 4.59. The van der Waals surface area contributed by atoms with Crippen molar-refractivity contribution in [2.75, 3.05) is 0 Å². The molecule has 1 aromatic carbocycles. The van der Waals surface area contributed by atoms with E-state index in [-0.39, 0.29) is 21.8 Å². The molecule has 0 aliphatic heterocycles. The third-order valence-corrected chi connectivity index (χ3v) is 3.19. The smallest absolute Gasteiger partial charge is 0.185 e. The molecule has 0 unspecified atom stereocenters. The normalized spacial score (nSPS) is 15.5. The van der Waals surface area contributed by atoms with Gasteiger partial charge in [0.25, 0.3) is 0 Å². The van der Waals surface area contributed by atoms with Gasteiger partial charge in [-0.2, -0.15) is 0 Å². The van der Waals surface area contributed by atoms with Crippen LogP contribution in [0.15, 0.2) is 12.1 Å². The maximum atomic E-state index is 13.6. The van der Waals surface area contributed by atoms with E-state index in [1.54, 1.807) is 0 Å². The topological polar surface area (TPSA) is 12.9 Å². The van der Waals surface area contributed by atoms with E-state index < -0.39 is 17.5 Å². The summed E-state index contributed by atoms with van der Waals surface area (Å²) >= 11 is 5.89. The third kappa shape index (κ3) is 1.67. The zero-order valence-electron chi connectivity index (χ0n) is 8.61. The number of benzene rings is 1. The number of pyridine rings is 1. The van der Waals surface area contributed by atoms with E-state index in [1.807, 2.05) is 0 Å². The van der Waals surface area contributed by atoms with Crippen LogP contribution in [0.2, 0.25) is 5.02 Å². The molecule has 1 nitrogen and oxygen atoms in total. The number of halogens is 4. The molecule has 17 heavy (non-hydrogen) atoms. The van der Waals surface area contributed by atoms with Crippen LogP contribution in [0.3, 0.4) is 0 Å². The van der Waals surface area contributed by atoms with Gasteiger partial charge >= 0.3 is 0 Å². The number of rotatable bonds is 1. The van der Waals surface area contributed by atoms with Crippen molar-refractivity contribution < 1.29 is 13.2 Å². The molecule has 0 saturated heterocycles. The van der Waals surface area contributed by atoms with Gasteiger partial charge < -0.3 is 0 Å². The van der Waals surface area contributed by atoms with Gasteiger partial charge in [0, 0.05) is 17.7 Å². The van der Waals surface area contributed by atoms with E-state index in [9.17, 15) is 13.2 Å². The van der Waals surface area contributed by atoms with E-state index in [0.717, 1.165) is 12.8 Å². The Bertz CT molecular complexity index is 623. The van der Waals surface area contributed by atoms with Crippen molar-refractivity contribution >= 4 is 22.5 Å². The zero-order chi connectivity index (χ0) is 12.2. The maximum Gasteiger partial charge on any atom is 0.185 e. The van der Waals surface area contributed by atoms with E-state index in [1.165, 1.54) is 6.07 Å². The largest absolute Gasteiger partial charge is 0.249 e. The van der Waals surface area contributed by atoms with E-state index in [4.69, 9.17) is 11.6 Å². The lowest BCUT2D eigenvalue weighted by atomic mass is 10.1. The first kappa shape index (κ1) is 10.8. The molecule has 1 saturated carbocycles. The van der Waals surface area contributed by atoms with Crippen LogP contribution in [0, 0.1) is 17.5 Å². The van der Waals surface area contributed by atoms with Crippen LogP contribution in [0.4, 0.5) is 13.2 Å². The Balaban J connectivity index is 2.39. The SMILES string of the molecule is Fc1cc(F)c2c(Cl)cc(C3CC3)nc2c1F. The van der Waals surface area contributed by atoms with Crippen molar-refractivity contribution in [2.45, 2.75) is 18.8 Å². The van der Waals surface area contributed by atoms with Gasteiger partial charge in [0.05, 0.1) is 10.4 Å². The van der Waals surface area contributed by atoms with Crippen molar-refractivity contribution in [3.63, 3.8) is 0 Å². The van der Waals surface area contributed by atoms with Gasteiger partial charge in [-0.05, 0) is 18.9 Å². The molecule has 0 N–H and O–H groups in total. The van der Waals surface area contributed by atoms with Gasteiger partial charge in [-0.15, -0.1) is 0 Å². The Morgan fingerprint density at radius 2 is 1.82 bits per heavy atom. The van der Waals surface area contributed by atoms with Crippen LogP contribution < -0.4 is 0 Å². The summed E-state index contributed by atoms with van der Waals surface area (Å²) in [7, 11) is 0. The van der Waals surface area contributed by atoms with Gasteiger partial charge in [-0.1, -0.05) is 11.6 Å². The monoisotopic (exact) mass is 257 g/mol. The average molecular weight is 258 g/mol. The van der Waals surface area contributed by atoms with Gasteiger partial charge in [-0.25, -0.2) is 18.2 Å². The molecule has 1 aromatic heterocycles. The minimum absolute atomic E-state index is 0.0771. The molecule has 1 aliphatic rings. The number of hydrogen-bond acceptors (Lipinski definition) is 1. The molecule has 0 radical (unpaired) electrons. The molecule has 0 bridgehead atoms. The number of aromatic nitrogens is 1. The quantitative estimate of drug-likeness (QED) is 0.698. The fourth-order valence-electron chi connectivity index (χ4n) is 1.87. The second kappa shape index (κ2) is 3.60. The molecular weight excluding hydrogens is 251 g/mol. The molecule has 0 atom stereocenters. The minimum Gasteiger partial charge on any atom is -0.249 e. The molecule has 3 rings (SSSR count). The van der Waals surface area contributed by atoms with E-state index in [0.29, 0.717) is 11.8 Å². The zero-order valence-corrected chi connectivity index (χ0v) is 9.36. The van der Waals surface area contributed by atoms with Crippen molar-refractivity contribution in [3.8, 4) is 0 Å². The summed E-state index contributed by atoms with van der Waals surface area (Å²) in [5.41, 5.74) is 0.281. The first-order chi connectivity index (χ1) is 8.08. The highest BCUT2D eigenvalue weighted by Gasteiger charge is 2.27. The highest BCUT2D eigenvalue weighted by molar-refractivity contribution is 6.35. The van der Waals surface area contributed by atoms with Gasteiger partial charge in [0.2, 0.25) is 0 Å². The van der Waals surface area contributed by atoms with Crippen LogP contribution in [0.25, 0.3) is 10.9 Å². The number of fused-ring (bicyclic) bond motifs is 1. The first-order valence-electron chi connectivity index (χ1n) is 5.21. The van der Waals surface area contributed by atoms with Crippen LogP contribution in [-0.2, 0) is 0 Å². The second-order valence-electron chi connectivity index (χ2n) is 4.18. The minimum atomic E-state index is -1.24. The fraction of sp³-hybridized carbons (Fsp3) is 0.250. The van der Waals surface area contributed by atoms with Crippen LogP contribution in [-0.4, -0.2) is 4.98 Å². The summed E-state index contributed by atoms with van der Waals surface area (Å²) in [5, 5.41) is -0.0803. The first-order valence-corrected chi connectivity index (χ1v) is 5.59. The predicted octanol–water partition coefficient (Wildman–Crippen LogP) is 4.18.